The van der Waals surface area contributed by atoms with Crippen molar-refractivity contribution >= 4 is 18.6 Å². The van der Waals surface area contributed by atoms with Crippen molar-refractivity contribution < 1.29 is 38.5 Å². The van der Waals surface area contributed by atoms with Crippen LogP contribution in [0.25, 0.3) is 22.3 Å². The Morgan fingerprint density at radius 1 is 1.17 bits per heavy atom. The number of aryl methyl sites for hydroxylation is 1. The Bertz CT molecular complexity index is 1190. The minimum Gasteiger partial charge on any atom is -0.508 e. The van der Waals surface area contributed by atoms with Gasteiger partial charge in [0.2, 0.25) is 11.2 Å². The average molecular weight is 423 g/mol. The summed E-state index contributed by atoms with van der Waals surface area (Å²) in [6.07, 6.45) is -0.790. The van der Waals surface area contributed by atoms with E-state index in [1.165, 1.54) is 30.3 Å². The zero-order chi connectivity index (χ0) is 21.3. The Kier molecular flexibility index (Phi) is 5.54. The molecular formula is C18H18NO9P. The second-order valence-corrected chi connectivity index (χ2v) is 7.93. The predicted molar refractivity (Wildman–Crippen MR) is 103 cm³/mol. The molecule has 1 atom stereocenters. The number of aromatic hydroxyl groups is 3. The SMILES string of the molecule is Cc1cc(O)cc2oc(-c3ccc(O)c(OCP(=O)(O)OCN)c3)c(O)c(=O)c12. The molecule has 29 heavy (non-hydrogen) atoms. The van der Waals surface area contributed by atoms with Crippen molar-refractivity contribution in [3.05, 3.63) is 46.1 Å². The average Bonchev–Trinajstić information content (AvgIpc) is 2.63. The first-order valence-electron chi connectivity index (χ1n) is 8.25. The first kappa shape index (κ1) is 20.7. The predicted octanol–water partition coefficient (Wildman–Crippen LogP) is 2.34. The van der Waals surface area contributed by atoms with Crippen LogP contribution in [0.5, 0.6) is 23.0 Å². The molecule has 2 aromatic carbocycles. The zero-order valence-electron chi connectivity index (χ0n) is 15.2. The van der Waals surface area contributed by atoms with Crippen LogP contribution in [0.2, 0.25) is 0 Å². The number of fused-ring (bicyclic) bond motifs is 1. The van der Waals surface area contributed by atoms with Crippen LogP contribution in [0.4, 0.5) is 0 Å². The van der Waals surface area contributed by atoms with Crippen molar-refractivity contribution in [2.24, 2.45) is 5.73 Å². The van der Waals surface area contributed by atoms with Gasteiger partial charge in [0.25, 0.3) is 0 Å². The second-order valence-electron chi connectivity index (χ2n) is 6.13. The summed E-state index contributed by atoms with van der Waals surface area (Å²) in [5.41, 5.74) is 4.97. The van der Waals surface area contributed by atoms with Gasteiger partial charge in [-0.15, -0.1) is 0 Å². The van der Waals surface area contributed by atoms with Crippen LogP contribution < -0.4 is 15.9 Å². The molecule has 0 aliphatic carbocycles. The van der Waals surface area contributed by atoms with Gasteiger partial charge >= 0.3 is 7.60 Å². The summed E-state index contributed by atoms with van der Waals surface area (Å²) >= 11 is 0. The van der Waals surface area contributed by atoms with Gasteiger partial charge in [-0.3, -0.25) is 13.9 Å². The molecule has 6 N–H and O–H groups in total. The van der Waals surface area contributed by atoms with Gasteiger partial charge in [0.1, 0.15) is 18.1 Å². The van der Waals surface area contributed by atoms with Crippen LogP contribution >= 0.6 is 7.60 Å². The minimum absolute atomic E-state index is 0.0482. The van der Waals surface area contributed by atoms with Gasteiger partial charge in [-0.1, -0.05) is 0 Å². The molecule has 0 radical (unpaired) electrons. The quantitative estimate of drug-likeness (QED) is 0.292. The van der Waals surface area contributed by atoms with Gasteiger partial charge in [0.05, 0.1) is 5.39 Å². The van der Waals surface area contributed by atoms with Gasteiger partial charge in [-0.05, 0) is 36.8 Å². The summed E-state index contributed by atoms with van der Waals surface area (Å²) in [6.45, 7) is 1.09. The Balaban J connectivity index is 2.07. The number of hydrogen-bond donors (Lipinski definition) is 5. The summed E-state index contributed by atoms with van der Waals surface area (Å²) in [6, 6.07) is 6.33. The summed E-state index contributed by atoms with van der Waals surface area (Å²) in [5.74, 6) is -1.61. The second kappa shape index (κ2) is 7.76. The van der Waals surface area contributed by atoms with E-state index in [2.05, 4.69) is 4.52 Å². The van der Waals surface area contributed by atoms with E-state index < -0.39 is 31.9 Å². The Morgan fingerprint density at radius 2 is 1.90 bits per heavy atom. The van der Waals surface area contributed by atoms with Crippen molar-refractivity contribution in [3.8, 4) is 34.3 Å². The van der Waals surface area contributed by atoms with E-state index in [-0.39, 0.29) is 39.5 Å². The molecule has 1 aromatic heterocycles. The highest BCUT2D eigenvalue weighted by molar-refractivity contribution is 7.52. The molecule has 1 unspecified atom stereocenters. The highest BCUT2D eigenvalue weighted by atomic mass is 31.2. The molecule has 0 amide bonds. The van der Waals surface area contributed by atoms with Crippen LogP contribution in [0.3, 0.4) is 0 Å². The monoisotopic (exact) mass is 423 g/mol. The summed E-state index contributed by atoms with van der Waals surface area (Å²) in [4.78, 5) is 22.1. The summed E-state index contributed by atoms with van der Waals surface area (Å²) in [7, 11) is -4.13. The van der Waals surface area contributed by atoms with Crippen LogP contribution in [0.15, 0.2) is 39.5 Å². The third-order valence-electron chi connectivity index (χ3n) is 4.03. The highest BCUT2D eigenvalue weighted by Gasteiger charge is 2.22. The molecule has 0 saturated carbocycles. The van der Waals surface area contributed by atoms with E-state index in [9.17, 15) is 29.6 Å². The van der Waals surface area contributed by atoms with E-state index in [0.29, 0.717) is 5.56 Å². The zero-order valence-corrected chi connectivity index (χ0v) is 16.1. The van der Waals surface area contributed by atoms with Crippen LogP contribution in [-0.4, -0.2) is 33.3 Å². The molecule has 10 nitrogen and oxygen atoms in total. The van der Waals surface area contributed by atoms with Crippen LogP contribution in [0, 0.1) is 6.92 Å². The smallest absolute Gasteiger partial charge is 0.366 e. The largest absolute Gasteiger partial charge is 0.508 e. The number of benzene rings is 2. The molecule has 154 valence electrons. The Labute approximate surface area is 163 Å². The third-order valence-corrected chi connectivity index (χ3v) is 5.04. The number of rotatable bonds is 6. The molecule has 0 aliphatic heterocycles. The van der Waals surface area contributed by atoms with E-state index in [1.807, 2.05) is 0 Å². The van der Waals surface area contributed by atoms with Crippen molar-refractivity contribution in [2.75, 3.05) is 13.1 Å². The van der Waals surface area contributed by atoms with E-state index >= 15 is 0 Å². The molecule has 3 rings (SSSR count). The normalized spacial score (nSPS) is 13.3. The highest BCUT2D eigenvalue weighted by Crippen LogP contribution is 2.43. The molecule has 3 aromatic rings. The van der Waals surface area contributed by atoms with Crippen LogP contribution in [0.1, 0.15) is 5.56 Å². The summed E-state index contributed by atoms with van der Waals surface area (Å²) < 4.78 is 26.9. The van der Waals surface area contributed by atoms with Crippen LogP contribution in [-0.2, 0) is 9.09 Å². The van der Waals surface area contributed by atoms with E-state index in [1.54, 1.807) is 6.92 Å². The van der Waals surface area contributed by atoms with Crippen molar-refractivity contribution in [1.82, 2.24) is 0 Å². The molecule has 0 aliphatic rings. The third kappa shape index (κ3) is 4.20. The fourth-order valence-corrected chi connectivity index (χ4v) is 3.37. The number of hydrogen-bond acceptors (Lipinski definition) is 9. The van der Waals surface area contributed by atoms with Crippen molar-refractivity contribution in [2.45, 2.75) is 6.92 Å². The topological polar surface area (TPSA) is 173 Å². The fraction of sp³-hybridized carbons (Fsp3) is 0.167. The molecule has 11 heteroatoms. The van der Waals surface area contributed by atoms with Gasteiger partial charge in [-0.2, -0.15) is 0 Å². The Hall–Kier alpha value is -3.04. The standard InChI is InChI=1S/C18H18NO9P/c1-9-4-11(20)6-14-15(9)16(22)17(23)18(28-14)10-2-3-12(21)13(5-10)26-8-29(24,25)27-7-19/h2-6,20-21,23H,7-8,19H2,1H3,(H,24,25). The molecule has 0 saturated heterocycles. The maximum Gasteiger partial charge on any atom is 0.366 e. The van der Waals surface area contributed by atoms with Gasteiger partial charge in [-0.25, -0.2) is 0 Å². The first-order chi connectivity index (χ1) is 13.6. The lowest BCUT2D eigenvalue weighted by Gasteiger charge is -2.14. The molecule has 0 spiro atoms. The maximum atomic E-state index is 12.6. The maximum absolute atomic E-state index is 12.6. The number of phenolic OH excluding ortho intramolecular Hbond substituents is 2. The van der Waals surface area contributed by atoms with Crippen molar-refractivity contribution in [3.63, 3.8) is 0 Å². The first-order valence-corrected chi connectivity index (χ1v) is 10.0. The van der Waals surface area contributed by atoms with E-state index in [0.717, 1.165) is 0 Å². The molecular weight excluding hydrogens is 405 g/mol. The number of ether oxygens (including phenoxy) is 1. The lowest BCUT2D eigenvalue weighted by atomic mass is 10.1. The Morgan fingerprint density at radius 3 is 2.59 bits per heavy atom. The van der Waals surface area contributed by atoms with Gasteiger partial charge < -0.3 is 35.1 Å². The summed E-state index contributed by atoms with van der Waals surface area (Å²) in [5, 5.41) is 30.1. The van der Waals surface area contributed by atoms with Gasteiger partial charge in [0, 0.05) is 11.6 Å². The lowest BCUT2D eigenvalue weighted by Crippen LogP contribution is -2.08. The van der Waals surface area contributed by atoms with E-state index in [4.69, 9.17) is 14.9 Å². The number of phenols is 2. The van der Waals surface area contributed by atoms with Crippen molar-refractivity contribution in [1.29, 1.82) is 0 Å². The minimum atomic E-state index is -4.13. The molecule has 0 bridgehead atoms. The number of nitrogens with two attached hydrogens (primary N) is 1. The lowest BCUT2D eigenvalue weighted by molar-refractivity contribution is 0.234. The molecule has 0 fully saturated rings. The van der Waals surface area contributed by atoms with Gasteiger partial charge in [0.15, 0.2) is 23.6 Å². The molecule has 1 heterocycles. The fourth-order valence-electron chi connectivity index (χ4n) is 2.76.